The number of aliphatic hydroxyl groups excluding tert-OH is 3. The summed E-state index contributed by atoms with van der Waals surface area (Å²) < 4.78 is 70.1. The van der Waals surface area contributed by atoms with Gasteiger partial charge in [0.05, 0.1) is 32.0 Å². The number of fused-ring (bicyclic) bond motifs is 4. The molecule has 6 aromatic carbocycles. The highest BCUT2D eigenvalue weighted by molar-refractivity contribution is 8.33. The number of aliphatic hydroxyl groups is 3. The molecular formula is C65H75N11O14P4. The maximum absolute atomic E-state index is 14.5. The van der Waals surface area contributed by atoms with Crippen molar-refractivity contribution < 1.29 is 66.9 Å². The first-order chi connectivity index (χ1) is 45.1. The predicted molar refractivity (Wildman–Crippen MR) is 363 cm³/mol. The third-order valence-corrected chi connectivity index (χ3v) is 17.7. The number of anilines is 2. The summed E-state index contributed by atoms with van der Waals surface area (Å²) in [5.74, 6) is 0.962. The van der Waals surface area contributed by atoms with E-state index in [0.29, 0.717) is 27.9 Å². The molecule has 0 saturated carbocycles. The smallest absolute Gasteiger partial charge is 0.459 e. The Balaban J connectivity index is 0.000000195. The highest BCUT2D eigenvalue weighted by Crippen LogP contribution is 2.50. The molecule has 7 N–H and O–H groups in total. The van der Waals surface area contributed by atoms with E-state index in [4.69, 9.17) is 57.9 Å². The topological polar surface area (TPSA) is 315 Å². The molecule has 29 heteroatoms. The van der Waals surface area contributed by atoms with Crippen molar-refractivity contribution in [3.63, 3.8) is 0 Å². The lowest BCUT2D eigenvalue weighted by Gasteiger charge is -2.37. The summed E-state index contributed by atoms with van der Waals surface area (Å²) in [5.41, 5.74) is 10.5. The van der Waals surface area contributed by atoms with Crippen molar-refractivity contribution >= 4 is 84.3 Å². The van der Waals surface area contributed by atoms with E-state index in [1.54, 1.807) is 43.1 Å². The molecule has 7 heterocycles. The molecule has 4 unspecified atom stereocenters. The van der Waals surface area contributed by atoms with Gasteiger partial charge in [0.2, 0.25) is 0 Å². The number of hydrogen-bond acceptors (Lipinski definition) is 22. The van der Waals surface area contributed by atoms with Crippen LogP contribution in [0.1, 0.15) is 62.9 Å². The van der Waals surface area contributed by atoms with Gasteiger partial charge in [-0.3, -0.25) is 18.5 Å². The molecule has 94 heavy (non-hydrogen) atoms. The molecule has 3 aliphatic heterocycles. The van der Waals surface area contributed by atoms with Gasteiger partial charge in [-0.2, -0.15) is 5.09 Å². The maximum Gasteiger partial charge on any atom is 0.459 e. The zero-order valence-electron chi connectivity index (χ0n) is 51.0. The van der Waals surface area contributed by atoms with E-state index in [-0.39, 0.29) is 31.2 Å². The van der Waals surface area contributed by atoms with Gasteiger partial charge in [-0.1, -0.05) is 155 Å². The largest absolute Gasteiger partial charge is 0.497 e. The molecule has 10 aromatic rings. The Morgan fingerprint density at radius 3 is 1.90 bits per heavy atom. The summed E-state index contributed by atoms with van der Waals surface area (Å²) in [4.78, 5) is 39.3. The first kappa shape index (κ1) is 69.3. The number of nitrogens with zero attached hydrogens (tertiary/aromatic N) is 8. The van der Waals surface area contributed by atoms with Gasteiger partial charge in [-0.25, -0.2) is 34.5 Å². The van der Waals surface area contributed by atoms with Crippen molar-refractivity contribution in [2.24, 2.45) is 0 Å². The Morgan fingerprint density at radius 2 is 1.26 bits per heavy atom. The number of aromatic nitrogens is 8. The third kappa shape index (κ3) is 14.6. The number of methoxy groups -OCH3 is 2. The number of imidazole rings is 2. The van der Waals surface area contributed by atoms with Gasteiger partial charge in [0.1, 0.15) is 84.5 Å². The molecule has 3 fully saturated rings. The van der Waals surface area contributed by atoms with Crippen LogP contribution < -0.4 is 25.4 Å². The minimum Gasteiger partial charge on any atom is -0.497 e. The summed E-state index contributed by atoms with van der Waals surface area (Å²) in [6.45, 7) is 3.79. The van der Waals surface area contributed by atoms with Crippen LogP contribution in [-0.4, -0.2) is 136 Å². The zero-order chi connectivity index (χ0) is 65.4. The summed E-state index contributed by atoms with van der Waals surface area (Å²) in [5, 5.41) is 40.4. The number of esters is 1. The number of benzene rings is 6. The second-order valence-corrected chi connectivity index (χ2v) is 27.9. The normalized spacial score (nSPS) is 22.3. The van der Waals surface area contributed by atoms with E-state index in [1.165, 1.54) is 44.5 Å². The van der Waals surface area contributed by atoms with E-state index < -0.39 is 93.1 Å². The van der Waals surface area contributed by atoms with Crippen LogP contribution in [-0.2, 0) is 54.5 Å². The van der Waals surface area contributed by atoms with E-state index in [0.717, 1.165) is 41.3 Å². The van der Waals surface area contributed by atoms with Crippen molar-refractivity contribution in [3.05, 3.63) is 205 Å². The molecule has 0 bridgehead atoms. The Hall–Kier alpha value is -7.53. The van der Waals surface area contributed by atoms with Crippen LogP contribution in [0, 0.1) is 0 Å². The minimum atomic E-state index is -4.41. The van der Waals surface area contributed by atoms with Crippen molar-refractivity contribution in [3.8, 4) is 11.5 Å². The lowest BCUT2D eigenvalue weighted by molar-refractivity contribution is -0.259. The standard InChI is InChI=1S/C33H33N5O6.C31H33N6O8P.CH4.H5P3/c1-20(39)26-27-28(44-32(41-3)43-27)31(42-26)38-19-36-25-29(34-18-35-30(25)38)37-33(21-10-6-4-7-11-21,22-12-8-5-9-13-22)23-14-16-24(40-2)17-15-23;1-18(31(40)42-15-20-9-4-3-5-10-20)36-46(41,45-23-14-8-12-21-11-6-7-13-22(21)23)44-19(2)27-25(38)26(39)30(43-27)37-17-35-24-28(32)33-16-34-29(24)37;;1-3-2/h4-20,26-28,31-32,39H,1-3H3,(H,34,35,37);3-14,16-19,25-27,30,38-39H,15H2,1-2H3,(H,36,41)(H2,32,33,34);1H4;3H,1-2H2/t20-,26+,27+,28+,31+,32?;18-,19-,25-,26+,27+,30+,46?;;/m00../s1. The van der Waals surface area contributed by atoms with Crippen LogP contribution >= 0.6 is 33.6 Å². The second-order valence-electron chi connectivity index (χ2n) is 21.9. The minimum absolute atomic E-state index is 0. The van der Waals surface area contributed by atoms with Crippen LogP contribution in [0.5, 0.6) is 11.5 Å². The molecule has 13 rings (SSSR count). The van der Waals surface area contributed by atoms with Gasteiger partial charge in [0, 0.05) is 12.5 Å². The fourth-order valence-corrected chi connectivity index (χ4v) is 13.2. The Kier molecular flexibility index (Phi) is 22.8. The Bertz CT molecular complexity index is 4130. The molecule has 4 aromatic heterocycles. The molecule has 25 nitrogen and oxygen atoms in total. The summed E-state index contributed by atoms with van der Waals surface area (Å²) in [7, 11) is 4.80. The third-order valence-electron chi connectivity index (χ3n) is 15.9. The molecule has 0 spiro atoms. The fraction of sp³-hybridized carbons (Fsp3) is 0.308. The van der Waals surface area contributed by atoms with Crippen molar-refractivity contribution in [1.82, 2.24) is 44.1 Å². The van der Waals surface area contributed by atoms with Gasteiger partial charge in [-0.15, -0.1) is 17.9 Å². The molecule has 494 valence electrons. The van der Waals surface area contributed by atoms with Crippen LogP contribution in [0.4, 0.5) is 11.6 Å². The predicted octanol–water partition coefficient (Wildman–Crippen LogP) is 9.61. The highest BCUT2D eigenvalue weighted by Gasteiger charge is 2.56. The van der Waals surface area contributed by atoms with Crippen LogP contribution in [0.2, 0.25) is 0 Å². The molecular weight excluding hydrogens is 1280 g/mol. The SMILES string of the molecule is C.COc1ccc(C(Nc2ncnc3c2ncn3[C@@H]2O[C@H]([C@H](C)O)[C@H]3OC(OC)O[C@H]32)(c2ccccc2)c2ccccc2)cc1.C[C@H](NP(=O)(Oc1cccc2ccccc12)O[C@@H](C)[C@H]1O[C@@H](n2cnc3c(N)ncnc32)[C@H](O)[C@@H]1O)C(=O)OCc1ccccc1.PPP. The number of nitrogens with two attached hydrogens (primary N) is 1. The van der Waals surface area contributed by atoms with Crippen molar-refractivity contribution in [2.75, 3.05) is 25.3 Å². The number of nitrogen functional groups attached to an aromatic ring is 1. The van der Waals surface area contributed by atoms with Crippen molar-refractivity contribution in [2.45, 2.75) is 114 Å². The number of nitrogens with one attached hydrogen (secondary N) is 2. The second kappa shape index (κ2) is 30.9. The Morgan fingerprint density at radius 1 is 0.691 bits per heavy atom. The highest BCUT2D eigenvalue weighted by atomic mass is 32.4. The lowest BCUT2D eigenvalue weighted by atomic mass is 9.77. The number of hydrogen-bond donors (Lipinski definition) is 6. The zero-order valence-corrected chi connectivity index (χ0v) is 55.2. The van der Waals surface area contributed by atoms with Gasteiger partial charge >= 0.3 is 13.7 Å². The van der Waals surface area contributed by atoms with Crippen molar-refractivity contribution in [1.29, 1.82) is 0 Å². The first-order valence-electron chi connectivity index (χ1n) is 29.5. The van der Waals surface area contributed by atoms with Crippen LogP contribution in [0.3, 0.4) is 0 Å². The van der Waals surface area contributed by atoms with Gasteiger partial charge in [-0.05, 0) is 66.6 Å². The number of ether oxygens (including phenoxy) is 7. The summed E-state index contributed by atoms with van der Waals surface area (Å²) in [6.07, 6.45) is -3.77. The molecule has 3 saturated heterocycles. The number of carbonyl (C=O) groups excluding carboxylic acids is 1. The summed E-state index contributed by atoms with van der Waals surface area (Å²) in [6, 6.07) is 49.0. The van der Waals surface area contributed by atoms with E-state index in [2.05, 4.69) is 84.6 Å². The number of rotatable bonds is 20. The molecule has 15 atom stereocenters. The van der Waals surface area contributed by atoms with Gasteiger partial charge in [0.15, 0.2) is 40.9 Å². The van der Waals surface area contributed by atoms with Crippen LogP contribution in [0.25, 0.3) is 33.1 Å². The van der Waals surface area contributed by atoms with E-state index in [1.807, 2.05) is 103 Å². The van der Waals surface area contributed by atoms with Gasteiger partial charge < -0.3 is 64.1 Å². The quantitative estimate of drug-likeness (QED) is 0.0235. The first-order valence-corrected chi connectivity index (χ1v) is 35.7. The van der Waals surface area contributed by atoms with E-state index in [9.17, 15) is 24.7 Å². The monoisotopic (exact) mass is 1360 g/mol. The average Bonchev–Trinajstić information content (AvgIpc) is 1.45. The average molecular weight is 1360 g/mol. The summed E-state index contributed by atoms with van der Waals surface area (Å²) >= 11 is 0. The molecule has 0 aliphatic carbocycles. The number of carbonyl (C=O) groups is 1. The van der Waals surface area contributed by atoms with E-state index >= 15 is 0 Å². The fourth-order valence-electron chi connectivity index (χ4n) is 11.5. The molecule has 0 amide bonds. The van der Waals surface area contributed by atoms with Crippen LogP contribution in [0.15, 0.2) is 183 Å². The Labute approximate surface area is 549 Å². The maximum atomic E-state index is 14.5. The van der Waals surface area contributed by atoms with Gasteiger partial charge in [0.25, 0.3) is 6.48 Å². The molecule has 3 aliphatic rings. The molecule has 0 radical (unpaired) electrons. The lowest BCUT2D eigenvalue weighted by Crippen LogP contribution is -2.41.